The summed E-state index contributed by atoms with van der Waals surface area (Å²) in [6.07, 6.45) is 1.68. The molecule has 7 heteroatoms. The molecule has 0 bridgehead atoms. The van der Waals surface area contributed by atoms with Gasteiger partial charge < -0.3 is 25.0 Å². The van der Waals surface area contributed by atoms with Crippen LogP contribution in [0.4, 0.5) is 5.82 Å². The Balaban J connectivity index is 2.11. The van der Waals surface area contributed by atoms with Gasteiger partial charge in [0, 0.05) is 32.4 Å². The number of aromatic nitrogens is 1. The number of pyridine rings is 1. The van der Waals surface area contributed by atoms with Crippen LogP contribution in [0, 0.1) is 0 Å². The van der Waals surface area contributed by atoms with E-state index in [0.717, 1.165) is 32.0 Å². The minimum Gasteiger partial charge on any atom is -0.423 e. The molecule has 0 aromatic carbocycles. The Bertz CT molecular complexity index is 499. The average Bonchev–Trinajstić information content (AvgIpc) is 2.47. The first-order valence-corrected chi connectivity index (χ1v) is 7.70. The lowest BCUT2D eigenvalue weighted by Crippen LogP contribution is -2.53. The molecule has 2 rings (SSSR count). The lowest BCUT2D eigenvalue weighted by Gasteiger charge is -2.38. The molecule has 0 aliphatic carbocycles. The zero-order chi connectivity index (χ0) is 16.4. The standard InChI is InChI=1S/C15H26BN3O3/c1-14(2,20)15(3,4)22-16(21)12-5-6-18-13(11-12)19-9-7-17-8-10-19/h5-6,11,17,20-21H,7-10H2,1-4H3. The van der Waals surface area contributed by atoms with Crippen molar-refractivity contribution in [1.29, 1.82) is 0 Å². The minimum absolute atomic E-state index is 0.640. The van der Waals surface area contributed by atoms with Gasteiger partial charge >= 0.3 is 7.12 Å². The zero-order valence-electron chi connectivity index (χ0n) is 13.8. The number of aliphatic hydroxyl groups is 1. The number of rotatable bonds is 5. The molecule has 0 unspecified atom stereocenters. The summed E-state index contributed by atoms with van der Waals surface area (Å²) in [5.41, 5.74) is -1.31. The van der Waals surface area contributed by atoms with Crippen molar-refractivity contribution in [3.8, 4) is 0 Å². The lowest BCUT2D eigenvalue weighted by atomic mass is 9.77. The van der Waals surface area contributed by atoms with Crippen molar-refractivity contribution < 1.29 is 14.8 Å². The first kappa shape index (κ1) is 17.2. The highest BCUT2D eigenvalue weighted by atomic mass is 16.5. The second-order valence-corrected chi connectivity index (χ2v) is 6.72. The molecule has 3 N–H and O–H groups in total. The Kier molecular flexibility index (Phi) is 5.12. The van der Waals surface area contributed by atoms with Gasteiger partial charge in [0.05, 0.1) is 11.2 Å². The van der Waals surface area contributed by atoms with E-state index in [9.17, 15) is 10.1 Å². The van der Waals surface area contributed by atoms with Gasteiger partial charge in [-0.3, -0.25) is 0 Å². The number of hydrogen-bond acceptors (Lipinski definition) is 6. The number of hydrogen-bond donors (Lipinski definition) is 3. The van der Waals surface area contributed by atoms with E-state index < -0.39 is 18.3 Å². The van der Waals surface area contributed by atoms with Gasteiger partial charge in [0.1, 0.15) is 5.82 Å². The van der Waals surface area contributed by atoms with E-state index in [1.165, 1.54) is 0 Å². The Morgan fingerprint density at radius 3 is 2.50 bits per heavy atom. The highest BCUT2D eigenvalue weighted by Crippen LogP contribution is 2.25. The van der Waals surface area contributed by atoms with Crippen molar-refractivity contribution in [3.05, 3.63) is 18.3 Å². The van der Waals surface area contributed by atoms with Crippen LogP contribution in [-0.2, 0) is 4.65 Å². The van der Waals surface area contributed by atoms with Crippen LogP contribution in [0.3, 0.4) is 0 Å². The Morgan fingerprint density at radius 1 is 1.27 bits per heavy atom. The topological polar surface area (TPSA) is 77.8 Å². The maximum absolute atomic E-state index is 10.4. The molecule has 0 amide bonds. The van der Waals surface area contributed by atoms with Crippen molar-refractivity contribution >= 4 is 18.4 Å². The summed E-state index contributed by atoms with van der Waals surface area (Å²) >= 11 is 0. The number of nitrogens with zero attached hydrogens (tertiary/aromatic N) is 2. The summed E-state index contributed by atoms with van der Waals surface area (Å²) in [5.74, 6) is 0.836. The van der Waals surface area contributed by atoms with E-state index in [1.54, 1.807) is 40.0 Å². The van der Waals surface area contributed by atoms with Crippen LogP contribution in [0.2, 0.25) is 0 Å². The van der Waals surface area contributed by atoms with Crippen molar-refractivity contribution in [1.82, 2.24) is 10.3 Å². The van der Waals surface area contributed by atoms with E-state index in [0.29, 0.717) is 5.46 Å². The molecule has 1 aliphatic rings. The molecule has 0 spiro atoms. The van der Waals surface area contributed by atoms with E-state index in [2.05, 4.69) is 15.2 Å². The second kappa shape index (κ2) is 6.54. The fraction of sp³-hybridized carbons (Fsp3) is 0.667. The van der Waals surface area contributed by atoms with Crippen LogP contribution in [0.1, 0.15) is 27.7 Å². The molecule has 0 saturated carbocycles. The fourth-order valence-corrected chi connectivity index (χ4v) is 2.15. The summed E-state index contributed by atoms with van der Waals surface area (Å²) < 4.78 is 5.68. The van der Waals surface area contributed by atoms with Gasteiger partial charge in [0.15, 0.2) is 0 Å². The van der Waals surface area contributed by atoms with Crippen LogP contribution in [0.5, 0.6) is 0 Å². The number of nitrogens with one attached hydrogen (secondary N) is 1. The molecule has 2 heterocycles. The summed E-state index contributed by atoms with van der Waals surface area (Å²) in [5, 5.41) is 23.8. The largest absolute Gasteiger partial charge is 0.491 e. The molecule has 1 aromatic rings. The molecule has 1 saturated heterocycles. The van der Waals surface area contributed by atoms with E-state index in [1.807, 2.05) is 6.07 Å². The summed E-state index contributed by atoms with van der Waals surface area (Å²) in [6, 6.07) is 3.58. The van der Waals surface area contributed by atoms with Crippen LogP contribution in [0.25, 0.3) is 0 Å². The van der Waals surface area contributed by atoms with Gasteiger partial charge in [-0.1, -0.05) is 0 Å². The molecule has 0 radical (unpaired) electrons. The van der Waals surface area contributed by atoms with Crippen LogP contribution in [0.15, 0.2) is 18.3 Å². The van der Waals surface area contributed by atoms with Crippen molar-refractivity contribution in [2.75, 3.05) is 31.1 Å². The van der Waals surface area contributed by atoms with Gasteiger partial charge in [-0.15, -0.1) is 0 Å². The first-order chi connectivity index (χ1) is 10.2. The third-order valence-corrected chi connectivity index (χ3v) is 4.38. The van der Waals surface area contributed by atoms with E-state index in [4.69, 9.17) is 4.65 Å². The Morgan fingerprint density at radius 2 is 1.91 bits per heavy atom. The fourth-order valence-electron chi connectivity index (χ4n) is 2.15. The molecular weight excluding hydrogens is 281 g/mol. The van der Waals surface area contributed by atoms with Crippen LogP contribution in [-0.4, -0.2) is 59.6 Å². The van der Waals surface area contributed by atoms with E-state index >= 15 is 0 Å². The predicted octanol–water partition coefficient (Wildman–Crippen LogP) is -0.255. The summed E-state index contributed by atoms with van der Waals surface area (Å²) in [4.78, 5) is 6.55. The van der Waals surface area contributed by atoms with Crippen LogP contribution < -0.4 is 15.7 Å². The molecule has 1 aromatic heterocycles. The summed E-state index contributed by atoms with van der Waals surface area (Å²) in [6.45, 7) is 10.5. The average molecular weight is 307 g/mol. The van der Waals surface area contributed by atoms with Gasteiger partial charge in [-0.05, 0) is 45.3 Å². The number of piperazine rings is 1. The van der Waals surface area contributed by atoms with Crippen molar-refractivity contribution in [2.45, 2.75) is 38.9 Å². The van der Waals surface area contributed by atoms with Gasteiger partial charge in [-0.2, -0.15) is 0 Å². The monoisotopic (exact) mass is 307 g/mol. The smallest absolute Gasteiger partial charge is 0.423 e. The molecule has 1 fully saturated rings. The molecule has 1 aliphatic heterocycles. The highest BCUT2D eigenvalue weighted by Gasteiger charge is 2.39. The van der Waals surface area contributed by atoms with E-state index in [-0.39, 0.29) is 0 Å². The molecule has 122 valence electrons. The van der Waals surface area contributed by atoms with Gasteiger partial charge in [0.25, 0.3) is 0 Å². The molecular formula is C15H26BN3O3. The maximum Gasteiger partial charge on any atom is 0.491 e. The third-order valence-electron chi connectivity index (χ3n) is 4.38. The first-order valence-electron chi connectivity index (χ1n) is 7.70. The van der Waals surface area contributed by atoms with Crippen LogP contribution >= 0.6 is 0 Å². The predicted molar refractivity (Wildman–Crippen MR) is 88.4 cm³/mol. The highest BCUT2D eigenvalue weighted by molar-refractivity contribution is 6.60. The molecule has 0 atom stereocenters. The number of anilines is 1. The lowest BCUT2D eigenvalue weighted by molar-refractivity contribution is -0.0982. The SMILES string of the molecule is CC(C)(O)C(C)(C)OB(O)c1ccnc(N2CCNCC2)c1. The normalized spacial score (nSPS) is 16.7. The molecule has 22 heavy (non-hydrogen) atoms. The Hall–Kier alpha value is -1.15. The quantitative estimate of drug-likeness (QED) is 0.651. The minimum atomic E-state index is -1.11. The summed E-state index contributed by atoms with van der Waals surface area (Å²) in [7, 11) is -1.11. The second-order valence-electron chi connectivity index (χ2n) is 6.72. The Labute approximate surface area is 132 Å². The van der Waals surface area contributed by atoms with Crippen molar-refractivity contribution in [2.24, 2.45) is 0 Å². The third kappa shape index (κ3) is 3.98. The van der Waals surface area contributed by atoms with Gasteiger partial charge in [-0.25, -0.2) is 4.98 Å². The molecule has 6 nitrogen and oxygen atoms in total. The van der Waals surface area contributed by atoms with Crippen molar-refractivity contribution in [3.63, 3.8) is 0 Å². The zero-order valence-corrected chi connectivity index (χ0v) is 13.8. The van der Waals surface area contributed by atoms with Gasteiger partial charge in [0.2, 0.25) is 0 Å². The maximum atomic E-state index is 10.4.